The maximum Gasteiger partial charge on any atom is 0.226 e. The van der Waals surface area contributed by atoms with Crippen molar-refractivity contribution in [2.75, 3.05) is 17.6 Å². The predicted molar refractivity (Wildman–Crippen MR) is 90.1 cm³/mol. The third kappa shape index (κ3) is 3.10. The van der Waals surface area contributed by atoms with Crippen molar-refractivity contribution in [1.29, 1.82) is 0 Å². The fraction of sp³-hybridized carbons (Fsp3) is 0.467. The van der Waals surface area contributed by atoms with E-state index in [1.807, 2.05) is 19.4 Å². The molecule has 0 aliphatic rings. The van der Waals surface area contributed by atoms with E-state index in [-0.39, 0.29) is 0 Å². The molecule has 3 aromatic heterocycles. The summed E-state index contributed by atoms with van der Waals surface area (Å²) in [7, 11) is 1.84. The van der Waals surface area contributed by atoms with E-state index >= 15 is 0 Å². The minimum Gasteiger partial charge on any atom is -0.383 e. The lowest BCUT2D eigenvalue weighted by molar-refractivity contribution is 0.600. The van der Waals surface area contributed by atoms with Crippen molar-refractivity contribution in [3.63, 3.8) is 0 Å². The average molecular weight is 314 g/mol. The molecule has 0 bridgehead atoms. The predicted octanol–water partition coefficient (Wildman–Crippen LogP) is 1.77. The van der Waals surface area contributed by atoms with Gasteiger partial charge < -0.3 is 15.6 Å². The average Bonchev–Trinajstić information content (AvgIpc) is 3.11. The van der Waals surface area contributed by atoms with Crippen LogP contribution in [0.3, 0.4) is 0 Å². The van der Waals surface area contributed by atoms with Crippen molar-refractivity contribution in [3.05, 3.63) is 24.4 Å². The van der Waals surface area contributed by atoms with Gasteiger partial charge in [0.15, 0.2) is 5.65 Å². The highest BCUT2D eigenvalue weighted by Gasteiger charge is 2.09. The normalized spacial score (nSPS) is 11.5. The highest BCUT2D eigenvalue weighted by atomic mass is 15.3. The zero-order valence-corrected chi connectivity index (χ0v) is 13.7. The number of nitrogens with zero attached hydrogens (tertiary/aromatic N) is 6. The molecule has 0 aromatic carbocycles. The standard InChI is InChI=1S/C15H22N8/c1-10(2)13-17-6-8-23(13)7-4-5-18-15-20-12(16)11-9-19-22(3)14(11)21-15/h6,8-10H,4-5,7H2,1-3H3,(H3,16,18,20,21). The van der Waals surface area contributed by atoms with Gasteiger partial charge in [-0.2, -0.15) is 15.1 Å². The van der Waals surface area contributed by atoms with E-state index in [2.05, 4.69) is 43.8 Å². The summed E-state index contributed by atoms with van der Waals surface area (Å²) in [4.78, 5) is 13.1. The van der Waals surface area contributed by atoms with Gasteiger partial charge in [0.05, 0.1) is 11.6 Å². The van der Waals surface area contributed by atoms with Gasteiger partial charge in [0.2, 0.25) is 5.95 Å². The lowest BCUT2D eigenvalue weighted by Gasteiger charge is -2.11. The van der Waals surface area contributed by atoms with Gasteiger partial charge in [0.1, 0.15) is 11.6 Å². The molecule has 122 valence electrons. The van der Waals surface area contributed by atoms with Crippen molar-refractivity contribution in [1.82, 2.24) is 29.3 Å². The number of aryl methyl sites for hydroxylation is 2. The number of aromatic nitrogens is 6. The number of hydrogen-bond acceptors (Lipinski definition) is 6. The largest absolute Gasteiger partial charge is 0.383 e. The van der Waals surface area contributed by atoms with Crippen LogP contribution in [0.25, 0.3) is 11.0 Å². The van der Waals surface area contributed by atoms with Gasteiger partial charge in [-0.1, -0.05) is 13.8 Å². The number of nitrogen functional groups attached to an aromatic ring is 1. The Labute approximate surface area is 134 Å². The first kappa shape index (κ1) is 15.3. The van der Waals surface area contributed by atoms with E-state index in [9.17, 15) is 0 Å². The van der Waals surface area contributed by atoms with Gasteiger partial charge in [-0.05, 0) is 6.42 Å². The molecule has 0 aliphatic heterocycles. The molecule has 8 heteroatoms. The molecule has 0 fully saturated rings. The zero-order chi connectivity index (χ0) is 16.4. The van der Waals surface area contributed by atoms with E-state index < -0.39 is 0 Å². The Kier molecular flexibility index (Phi) is 4.14. The molecule has 0 saturated heterocycles. The molecule has 0 aliphatic carbocycles. The van der Waals surface area contributed by atoms with Gasteiger partial charge in [0, 0.05) is 38.4 Å². The van der Waals surface area contributed by atoms with E-state index in [1.54, 1.807) is 10.9 Å². The smallest absolute Gasteiger partial charge is 0.226 e. The Hall–Kier alpha value is -2.64. The first-order valence-corrected chi connectivity index (χ1v) is 7.76. The van der Waals surface area contributed by atoms with Crippen molar-refractivity contribution in [3.8, 4) is 0 Å². The van der Waals surface area contributed by atoms with Crippen LogP contribution in [0.15, 0.2) is 18.6 Å². The highest BCUT2D eigenvalue weighted by Crippen LogP contribution is 2.18. The zero-order valence-electron chi connectivity index (χ0n) is 13.7. The molecule has 0 amide bonds. The number of rotatable bonds is 6. The molecule has 3 aromatic rings. The van der Waals surface area contributed by atoms with E-state index in [4.69, 9.17) is 5.73 Å². The lowest BCUT2D eigenvalue weighted by atomic mass is 10.2. The Morgan fingerprint density at radius 2 is 2.13 bits per heavy atom. The van der Waals surface area contributed by atoms with Crippen LogP contribution >= 0.6 is 0 Å². The van der Waals surface area contributed by atoms with Gasteiger partial charge in [-0.25, -0.2) is 4.98 Å². The van der Waals surface area contributed by atoms with Gasteiger partial charge in [-0.15, -0.1) is 0 Å². The molecular weight excluding hydrogens is 292 g/mol. The van der Waals surface area contributed by atoms with E-state index in [0.29, 0.717) is 17.7 Å². The second-order valence-electron chi connectivity index (χ2n) is 5.85. The molecule has 3 rings (SSSR count). The Balaban J connectivity index is 1.60. The van der Waals surface area contributed by atoms with Crippen LogP contribution in [-0.2, 0) is 13.6 Å². The molecule has 3 heterocycles. The number of hydrogen-bond donors (Lipinski definition) is 2. The van der Waals surface area contributed by atoms with Crippen molar-refractivity contribution in [2.45, 2.75) is 32.7 Å². The van der Waals surface area contributed by atoms with Crippen LogP contribution in [0.4, 0.5) is 11.8 Å². The highest BCUT2D eigenvalue weighted by molar-refractivity contribution is 5.86. The summed E-state index contributed by atoms with van der Waals surface area (Å²) in [5.41, 5.74) is 6.68. The van der Waals surface area contributed by atoms with E-state index in [0.717, 1.165) is 36.4 Å². The first-order valence-electron chi connectivity index (χ1n) is 7.76. The molecule has 3 N–H and O–H groups in total. The van der Waals surface area contributed by atoms with Gasteiger partial charge >= 0.3 is 0 Å². The minimum absolute atomic E-state index is 0.424. The molecule has 8 nitrogen and oxygen atoms in total. The monoisotopic (exact) mass is 314 g/mol. The number of fused-ring (bicyclic) bond motifs is 1. The quantitative estimate of drug-likeness (QED) is 0.673. The summed E-state index contributed by atoms with van der Waals surface area (Å²) >= 11 is 0. The number of nitrogens with one attached hydrogen (secondary N) is 1. The van der Waals surface area contributed by atoms with Gasteiger partial charge in [0.25, 0.3) is 0 Å². The third-order valence-corrected chi connectivity index (χ3v) is 3.74. The topological polar surface area (TPSA) is 99.5 Å². The molecule has 0 saturated carbocycles. The fourth-order valence-electron chi connectivity index (χ4n) is 2.58. The molecule has 0 spiro atoms. The summed E-state index contributed by atoms with van der Waals surface area (Å²) in [6, 6.07) is 0. The maximum absolute atomic E-state index is 5.95. The molecule has 0 unspecified atom stereocenters. The summed E-state index contributed by atoms with van der Waals surface area (Å²) in [5, 5.41) is 8.15. The summed E-state index contributed by atoms with van der Waals surface area (Å²) in [6.45, 7) is 5.97. The SMILES string of the molecule is CC(C)c1nccn1CCCNc1nc(N)c2cnn(C)c2n1. The van der Waals surface area contributed by atoms with Crippen molar-refractivity contribution in [2.24, 2.45) is 7.05 Å². The van der Waals surface area contributed by atoms with Crippen LogP contribution in [0.5, 0.6) is 0 Å². The molecule has 0 atom stereocenters. The molecule has 0 radical (unpaired) electrons. The third-order valence-electron chi connectivity index (χ3n) is 3.74. The fourth-order valence-corrected chi connectivity index (χ4v) is 2.58. The van der Waals surface area contributed by atoms with Gasteiger partial charge in [-0.3, -0.25) is 4.68 Å². The second-order valence-corrected chi connectivity index (χ2v) is 5.85. The van der Waals surface area contributed by atoms with Crippen LogP contribution in [0, 0.1) is 0 Å². The van der Waals surface area contributed by atoms with Crippen LogP contribution in [0.1, 0.15) is 32.0 Å². The summed E-state index contributed by atoms with van der Waals surface area (Å²) in [5.74, 6) is 2.52. The minimum atomic E-state index is 0.424. The Morgan fingerprint density at radius 3 is 2.91 bits per heavy atom. The molecule has 23 heavy (non-hydrogen) atoms. The van der Waals surface area contributed by atoms with Crippen LogP contribution in [-0.4, -0.2) is 35.8 Å². The van der Waals surface area contributed by atoms with E-state index in [1.165, 1.54) is 0 Å². The van der Waals surface area contributed by atoms with Crippen molar-refractivity contribution < 1.29 is 0 Å². The number of anilines is 2. The first-order chi connectivity index (χ1) is 11.1. The Morgan fingerprint density at radius 1 is 1.30 bits per heavy atom. The lowest BCUT2D eigenvalue weighted by Crippen LogP contribution is -2.11. The van der Waals surface area contributed by atoms with Crippen molar-refractivity contribution >= 4 is 22.8 Å². The molecular formula is C15H22N8. The number of imidazole rings is 1. The number of nitrogens with two attached hydrogens (primary N) is 1. The summed E-state index contributed by atoms with van der Waals surface area (Å²) < 4.78 is 3.88. The second kappa shape index (κ2) is 6.23. The summed E-state index contributed by atoms with van der Waals surface area (Å²) in [6.07, 6.45) is 6.50. The Bertz CT molecular complexity index is 801. The maximum atomic E-state index is 5.95. The van der Waals surface area contributed by atoms with Crippen LogP contribution in [0.2, 0.25) is 0 Å². The van der Waals surface area contributed by atoms with Crippen LogP contribution < -0.4 is 11.1 Å².